The van der Waals surface area contributed by atoms with E-state index in [0.29, 0.717) is 12.8 Å². The summed E-state index contributed by atoms with van der Waals surface area (Å²) < 4.78 is 13.3. The van der Waals surface area contributed by atoms with E-state index < -0.39 is 11.4 Å². The molecule has 0 aliphatic heterocycles. The Morgan fingerprint density at radius 3 is 2.55 bits per heavy atom. The number of carbonyl (C=O) groups excluding carboxylic acids is 1. The Bertz CT molecular complexity index is 483. The summed E-state index contributed by atoms with van der Waals surface area (Å²) >= 11 is 0. The zero-order valence-electron chi connectivity index (χ0n) is 11.5. The lowest BCUT2D eigenvalue weighted by Crippen LogP contribution is -2.42. The van der Waals surface area contributed by atoms with Gasteiger partial charge < -0.3 is 16.2 Å². The fourth-order valence-corrected chi connectivity index (χ4v) is 2.58. The van der Waals surface area contributed by atoms with Crippen LogP contribution >= 0.6 is 0 Å². The highest BCUT2D eigenvalue weighted by Gasteiger charge is 2.28. The van der Waals surface area contributed by atoms with Gasteiger partial charge in [-0.25, -0.2) is 4.39 Å². The molecule has 0 heterocycles. The van der Waals surface area contributed by atoms with E-state index in [1.54, 1.807) is 0 Å². The van der Waals surface area contributed by atoms with E-state index in [1.807, 2.05) is 0 Å². The number of aliphatic hydroxyl groups is 1. The Morgan fingerprint density at radius 1 is 1.30 bits per heavy atom. The maximum absolute atomic E-state index is 13.3. The molecule has 5 heteroatoms. The van der Waals surface area contributed by atoms with E-state index in [0.717, 1.165) is 31.7 Å². The van der Waals surface area contributed by atoms with Crippen LogP contribution in [0.3, 0.4) is 0 Å². The Morgan fingerprint density at radius 2 is 1.95 bits per heavy atom. The van der Waals surface area contributed by atoms with Crippen LogP contribution in [0.4, 0.5) is 10.1 Å². The standard InChI is InChI=1S/C15H21FN2O2/c16-12-9-11(5-6-13(12)17)14(19)18-10-15(20)7-3-1-2-4-8-15/h5-6,9,20H,1-4,7-8,10,17H2,(H,18,19). The molecule has 1 aromatic carbocycles. The molecule has 0 saturated heterocycles. The second-order valence-electron chi connectivity index (χ2n) is 5.56. The Kier molecular flexibility index (Phi) is 4.60. The van der Waals surface area contributed by atoms with E-state index in [4.69, 9.17) is 5.73 Å². The number of benzene rings is 1. The van der Waals surface area contributed by atoms with E-state index in [9.17, 15) is 14.3 Å². The summed E-state index contributed by atoms with van der Waals surface area (Å²) in [6.45, 7) is 0.206. The Hall–Kier alpha value is -1.62. The molecule has 2 rings (SSSR count). The number of anilines is 1. The summed E-state index contributed by atoms with van der Waals surface area (Å²) in [6.07, 6.45) is 5.59. The van der Waals surface area contributed by atoms with Gasteiger partial charge in [0, 0.05) is 12.1 Å². The minimum absolute atomic E-state index is 0.0175. The van der Waals surface area contributed by atoms with Crippen LogP contribution in [-0.2, 0) is 0 Å². The van der Waals surface area contributed by atoms with Gasteiger partial charge in [0.25, 0.3) is 5.91 Å². The van der Waals surface area contributed by atoms with E-state index in [1.165, 1.54) is 12.1 Å². The van der Waals surface area contributed by atoms with Gasteiger partial charge in [-0.15, -0.1) is 0 Å². The summed E-state index contributed by atoms with van der Waals surface area (Å²) in [7, 11) is 0. The van der Waals surface area contributed by atoms with Crippen molar-refractivity contribution < 1.29 is 14.3 Å². The Labute approximate surface area is 118 Å². The predicted molar refractivity (Wildman–Crippen MR) is 75.8 cm³/mol. The molecule has 1 aromatic rings. The molecule has 4 N–H and O–H groups in total. The average Bonchev–Trinajstić information content (AvgIpc) is 2.65. The van der Waals surface area contributed by atoms with Crippen molar-refractivity contribution in [2.24, 2.45) is 0 Å². The normalized spacial score (nSPS) is 18.3. The number of halogens is 1. The number of nitrogen functional groups attached to an aromatic ring is 1. The lowest BCUT2D eigenvalue weighted by molar-refractivity contribution is 0.0246. The molecule has 0 bridgehead atoms. The maximum Gasteiger partial charge on any atom is 0.251 e. The maximum atomic E-state index is 13.3. The fraction of sp³-hybridized carbons (Fsp3) is 0.533. The van der Waals surface area contributed by atoms with Crippen molar-refractivity contribution in [3.05, 3.63) is 29.6 Å². The van der Waals surface area contributed by atoms with Crippen LogP contribution in [0, 0.1) is 5.82 Å². The van der Waals surface area contributed by atoms with Gasteiger partial charge in [-0.05, 0) is 31.0 Å². The van der Waals surface area contributed by atoms with Crippen molar-refractivity contribution in [2.45, 2.75) is 44.1 Å². The molecule has 0 atom stereocenters. The third-order valence-corrected chi connectivity index (χ3v) is 3.87. The molecule has 0 spiro atoms. The zero-order chi connectivity index (χ0) is 14.6. The average molecular weight is 280 g/mol. The smallest absolute Gasteiger partial charge is 0.251 e. The van der Waals surface area contributed by atoms with Crippen LogP contribution in [0.2, 0.25) is 0 Å². The van der Waals surface area contributed by atoms with Crippen molar-refractivity contribution >= 4 is 11.6 Å². The highest BCUT2D eigenvalue weighted by molar-refractivity contribution is 5.94. The molecule has 1 amide bonds. The third kappa shape index (κ3) is 3.70. The predicted octanol–water partition coefficient (Wildman–Crippen LogP) is 2.22. The summed E-state index contributed by atoms with van der Waals surface area (Å²) in [5.41, 5.74) is 4.77. The largest absolute Gasteiger partial charge is 0.396 e. The summed E-state index contributed by atoms with van der Waals surface area (Å²) in [6, 6.07) is 3.96. The van der Waals surface area contributed by atoms with E-state index in [2.05, 4.69) is 5.32 Å². The van der Waals surface area contributed by atoms with Crippen LogP contribution in [0.5, 0.6) is 0 Å². The van der Waals surface area contributed by atoms with Crippen LogP contribution in [-0.4, -0.2) is 23.2 Å². The third-order valence-electron chi connectivity index (χ3n) is 3.87. The zero-order valence-corrected chi connectivity index (χ0v) is 11.5. The van der Waals surface area contributed by atoms with Crippen molar-refractivity contribution in [2.75, 3.05) is 12.3 Å². The van der Waals surface area contributed by atoms with Gasteiger partial charge in [0.05, 0.1) is 11.3 Å². The lowest BCUT2D eigenvalue weighted by Gasteiger charge is -2.26. The van der Waals surface area contributed by atoms with Crippen LogP contribution < -0.4 is 11.1 Å². The number of hydrogen-bond donors (Lipinski definition) is 3. The quantitative estimate of drug-likeness (QED) is 0.587. The van der Waals surface area contributed by atoms with E-state index in [-0.39, 0.29) is 23.7 Å². The van der Waals surface area contributed by atoms with Crippen LogP contribution in [0.1, 0.15) is 48.9 Å². The first-order chi connectivity index (χ1) is 9.50. The Balaban J connectivity index is 1.95. The molecule has 1 saturated carbocycles. The van der Waals surface area contributed by atoms with Crippen LogP contribution in [0.25, 0.3) is 0 Å². The number of amides is 1. The number of nitrogens with one attached hydrogen (secondary N) is 1. The van der Waals surface area contributed by atoms with Crippen molar-refractivity contribution in [1.29, 1.82) is 0 Å². The van der Waals surface area contributed by atoms with Crippen molar-refractivity contribution in [1.82, 2.24) is 5.32 Å². The molecule has 0 aromatic heterocycles. The van der Waals surface area contributed by atoms with E-state index >= 15 is 0 Å². The molecular formula is C15H21FN2O2. The first kappa shape index (κ1) is 14.8. The molecule has 110 valence electrons. The summed E-state index contributed by atoms with van der Waals surface area (Å²) in [4.78, 5) is 11.9. The molecule has 0 radical (unpaired) electrons. The first-order valence-electron chi connectivity index (χ1n) is 7.06. The molecule has 0 unspecified atom stereocenters. The first-order valence-corrected chi connectivity index (χ1v) is 7.06. The number of rotatable bonds is 3. The SMILES string of the molecule is Nc1ccc(C(=O)NCC2(O)CCCCCC2)cc1F. The minimum Gasteiger partial charge on any atom is -0.396 e. The molecule has 4 nitrogen and oxygen atoms in total. The van der Waals surface area contributed by atoms with Gasteiger partial charge in [-0.1, -0.05) is 25.7 Å². The molecule has 1 aliphatic rings. The van der Waals surface area contributed by atoms with Gasteiger partial charge in [-0.3, -0.25) is 4.79 Å². The topological polar surface area (TPSA) is 75.4 Å². The number of nitrogens with two attached hydrogens (primary N) is 1. The fourth-order valence-electron chi connectivity index (χ4n) is 2.58. The molecule has 1 aliphatic carbocycles. The van der Waals surface area contributed by atoms with Gasteiger partial charge in [0.2, 0.25) is 0 Å². The second kappa shape index (κ2) is 6.22. The summed E-state index contributed by atoms with van der Waals surface area (Å²) in [5.74, 6) is -0.993. The van der Waals surface area contributed by atoms with Gasteiger partial charge >= 0.3 is 0 Å². The highest BCUT2D eigenvalue weighted by atomic mass is 19.1. The van der Waals surface area contributed by atoms with Crippen LogP contribution in [0.15, 0.2) is 18.2 Å². The number of hydrogen-bond acceptors (Lipinski definition) is 3. The second-order valence-corrected chi connectivity index (χ2v) is 5.56. The monoisotopic (exact) mass is 280 g/mol. The molecule has 1 fully saturated rings. The number of carbonyl (C=O) groups is 1. The van der Waals surface area contributed by atoms with Gasteiger partial charge in [-0.2, -0.15) is 0 Å². The minimum atomic E-state index is -0.835. The van der Waals surface area contributed by atoms with Gasteiger partial charge in [0.1, 0.15) is 5.82 Å². The molecular weight excluding hydrogens is 259 g/mol. The van der Waals surface area contributed by atoms with Gasteiger partial charge in [0.15, 0.2) is 0 Å². The molecule has 20 heavy (non-hydrogen) atoms. The highest BCUT2D eigenvalue weighted by Crippen LogP contribution is 2.26. The van der Waals surface area contributed by atoms with Crippen molar-refractivity contribution in [3.8, 4) is 0 Å². The summed E-state index contributed by atoms with van der Waals surface area (Å²) in [5, 5.41) is 13.1. The van der Waals surface area contributed by atoms with Crippen molar-refractivity contribution in [3.63, 3.8) is 0 Å². The lowest BCUT2D eigenvalue weighted by atomic mass is 9.94.